The molecule has 2 amide bonds. The lowest BCUT2D eigenvalue weighted by Gasteiger charge is -2.15. The van der Waals surface area contributed by atoms with Gasteiger partial charge in [-0.05, 0) is 45.7 Å². The molecular formula is C15H26N4O2. The van der Waals surface area contributed by atoms with Gasteiger partial charge in [0.2, 0.25) is 0 Å². The van der Waals surface area contributed by atoms with Crippen LogP contribution in [-0.2, 0) is 6.54 Å². The number of hydrogen-bond donors (Lipinski definition) is 2. The lowest BCUT2D eigenvalue weighted by atomic mass is 10.1. The molecule has 6 nitrogen and oxygen atoms in total. The van der Waals surface area contributed by atoms with Crippen molar-refractivity contribution in [1.82, 2.24) is 20.7 Å². The van der Waals surface area contributed by atoms with Gasteiger partial charge in [0.05, 0.1) is 5.69 Å². The largest absolute Gasteiger partial charge is 0.361 e. The van der Waals surface area contributed by atoms with Gasteiger partial charge < -0.3 is 20.1 Å². The number of carbonyl (C=O) groups is 1. The zero-order valence-corrected chi connectivity index (χ0v) is 13.2. The van der Waals surface area contributed by atoms with Crippen molar-refractivity contribution in [1.29, 1.82) is 0 Å². The van der Waals surface area contributed by atoms with E-state index in [1.807, 2.05) is 13.8 Å². The Bertz CT molecular complexity index is 453. The van der Waals surface area contributed by atoms with Gasteiger partial charge in [-0.1, -0.05) is 12.1 Å². The summed E-state index contributed by atoms with van der Waals surface area (Å²) in [6.45, 7) is 10.6. The molecule has 2 heterocycles. The van der Waals surface area contributed by atoms with Gasteiger partial charge in [0.25, 0.3) is 0 Å². The van der Waals surface area contributed by atoms with Crippen molar-refractivity contribution in [2.45, 2.75) is 40.2 Å². The minimum Gasteiger partial charge on any atom is -0.361 e. The average Bonchev–Trinajstić information content (AvgIpc) is 3.03. The molecule has 1 aromatic heterocycles. The van der Waals surface area contributed by atoms with E-state index < -0.39 is 0 Å². The molecule has 0 saturated carbocycles. The molecule has 1 saturated heterocycles. The fourth-order valence-electron chi connectivity index (χ4n) is 2.82. The number of nitrogens with one attached hydrogen (secondary N) is 2. The Morgan fingerprint density at radius 2 is 2.24 bits per heavy atom. The van der Waals surface area contributed by atoms with Crippen molar-refractivity contribution in [3.8, 4) is 0 Å². The highest BCUT2D eigenvalue weighted by atomic mass is 16.5. The first kappa shape index (κ1) is 15.8. The molecule has 1 aliphatic rings. The van der Waals surface area contributed by atoms with Crippen molar-refractivity contribution in [3.05, 3.63) is 17.0 Å². The zero-order valence-electron chi connectivity index (χ0n) is 13.2. The van der Waals surface area contributed by atoms with E-state index in [1.165, 1.54) is 12.8 Å². The molecule has 118 valence electrons. The van der Waals surface area contributed by atoms with Gasteiger partial charge in [-0.15, -0.1) is 0 Å². The van der Waals surface area contributed by atoms with E-state index in [4.69, 9.17) is 4.52 Å². The van der Waals surface area contributed by atoms with E-state index in [0.29, 0.717) is 12.5 Å². The lowest BCUT2D eigenvalue weighted by molar-refractivity contribution is 0.238. The summed E-state index contributed by atoms with van der Waals surface area (Å²) < 4.78 is 5.08. The third-order valence-corrected chi connectivity index (χ3v) is 4.07. The number of aromatic nitrogens is 1. The fourth-order valence-corrected chi connectivity index (χ4v) is 2.82. The first-order valence-corrected chi connectivity index (χ1v) is 7.76. The summed E-state index contributed by atoms with van der Waals surface area (Å²) in [7, 11) is 0. The van der Waals surface area contributed by atoms with Crippen LogP contribution in [0.5, 0.6) is 0 Å². The Morgan fingerprint density at radius 3 is 2.90 bits per heavy atom. The molecule has 0 aliphatic carbocycles. The Hall–Kier alpha value is -1.56. The maximum atomic E-state index is 11.8. The quantitative estimate of drug-likeness (QED) is 0.839. The molecule has 0 spiro atoms. The Kier molecular flexibility index (Phi) is 5.61. The molecule has 1 aromatic rings. The third-order valence-electron chi connectivity index (χ3n) is 4.07. The second-order valence-electron chi connectivity index (χ2n) is 5.82. The van der Waals surface area contributed by atoms with Gasteiger partial charge in [-0.3, -0.25) is 0 Å². The van der Waals surface area contributed by atoms with Crippen LogP contribution in [0.4, 0.5) is 4.79 Å². The number of aryl methyl sites for hydroxylation is 2. The fraction of sp³-hybridized carbons (Fsp3) is 0.733. The predicted octanol–water partition coefficient (Wildman–Crippen LogP) is 1.82. The summed E-state index contributed by atoms with van der Waals surface area (Å²) in [5.41, 5.74) is 1.79. The SMILES string of the molecule is CCCN1CCC(CNC(=O)NCc2c(C)noc2C)C1. The molecule has 1 aliphatic heterocycles. The molecule has 0 bridgehead atoms. The molecule has 6 heteroatoms. The van der Waals surface area contributed by atoms with Crippen LogP contribution in [0, 0.1) is 19.8 Å². The highest BCUT2D eigenvalue weighted by Crippen LogP contribution is 2.15. The zero-order chi connectivity index (χ0) is 15.2. The van der Waals surface area contributed by atoms with Crippen LogP contribution in [0.15, 0.2) is 4.52 Å². The average molecular weight is 294 g/mol. The maximum Gasteiger partial charge on any atom is 0.315 e. The molecule has 0 radical (unpaired) electrons. The summed E-state index contributed by atoms with van der Waals surface area (Å²) in [5.74, 6) is 1.33. The Morgan fingerprint density at radius 1 is 1.43 bits per heavy atom. The van der Waals surface area contributed by atoms with Crippen molar-refractivity contribution in [2.24, 2.45) is 5.92 Å². The van der Waals surface area contributed by atoms with Crippen molar-refractivity contribution in [3.63, 3.8) is 0 Å². The van der Waals surface area contributed by atoms with E-state index in [-0.39, 0.29) is 6.03 Å². The number of carbonyl (C=O) groups excluding carboxylic acids is 1. The summed E-state index contributed by atoms with van der Waals surface area (Å²) in [4.78, 5) is 14.3. The number of likely N-dealkylation sites (tertiary alicyclic amines) is 1. The lowest BCUT2D eigenvalue weighted by Crippen LogP contribution is -2.38. The number of rotatable bonds is 6. The standard InChI is InChI=1S/C15H26N4O2/c1-4-6-19-7-5-13(10-19)8-16-15(20)17-9-14-11(2)18-21-12(14)3/h13H,4-10H2,1-3H3,(H2,16,17,20). The highest BCUT2D eigenvalue weighted by molar-refractivity contribution is 5.73. The molecule has 1 atom stereocenters. The van der Waals surface area contributed by atoms with E-state index in [2.05, 4.69) is 27.6 Å². The smallest absolute Gasteiger partial charge is 0.315 e. The Labute approximate surface area is 126 Å². The summed E-state index contributed by atoms with van der Waals surface area (Å²) >= 11 is 0. The van der Waals surface area contributed by atoms with Crippen LogP contribution in [0.25, 0.3) is 0 Å². The van der Waals surface area contributed by atoms with Crippen LogP contribution < -0.4 is 10.6 Å². The van der Waals surface area contributed by atoms with E-state index in [1.54, 1.807) is 0 Å². The monoisotopic (exact) mass is 294 g/mol. The van der Waals surface area contributed by atoms with E-state index >= 15 is 0 Å². The summed E-state index contributed by atoms with van der Waals surface area (Å²) in [5, 5.41) is 9.70. The van der Waals surface area contributed by atoms with E-state index in [0.717, 1.165) is 43.2 Å². The van der Waals surface area contributed by atoms with Crippen LogP contribution in [0.3, 0.4) is 0 Å². The normalized spacial score (nSPS) is 18.9. The molecule has 2 N–H and O–H groups in total. The van der Waals surface area contributed by atoms with Crippen molar-refractivity contribution < 1.29 is 9.32 Å². The molecule has 1 unspecified atom stereocenters. The van der Waals surface area contributed by atoms with Gasteiger partial charge in [0.15, 0.2) is 0 Å². The van der Waals surface area contributed by atoms with Gasteiger partial charge in [-0.25, -0.2) is 4.79 Å². The van der Waals surface area contributed by atoms with Crippen LogP contribution >= 0.6 is 0 Å². The summed E-state index contributed by atoms with van der Waals surface area (Å²) in [6, 6.07) is -0.121. The molecule has 0 aromatic carbocycles. The number of amides is 2. The topological polar surface area (TPSA) is 70.4 Å². The minimum absolute atomic E-state index is 0.121. The molecule has 1 fully saturated rings. The second-order valence-corrected chi connectivity index (χ2v) is 5.82. The van der Waals surface area contributed by atoms with Crippen molar-refractivity contribution >= 4 is 6.03 Å². The van der Waals surface area contributed by atoms with Gasteiger partial charge in [0.1, 0.15) is 5.76 Å². The predicted molar refractivity (Wildman–Crippen MR) is 81.1 cm³/mol. The molecule has 21 heavy (non-hydrogen) atoms. The summed E-state index contributed by atoms with van der Waals surface area (Å²) in [6.07, 6.45) is 2.36. The number of nitrogens with zero attached hydrogens (tertiary/aromatic N) is 2. The second kappa shape index (κ2) is 7.45. The van der Waals surface area contributed by atoms with Crippen molar-refractivity contribution in [2.75, 3.05) is 26.2 Å². The molecular weight excluding hydrogens is 268 g/mol. The van der Waals surface area contributed by atoms with Crippen LogP contribution in [-0.4, -0.2) is 42.3 Å². The van der Waals surface area contributed by atoms with Gasteiger partial charge in [0, 0.05) is 25.2 Å². The third kappa shape index (κ3) is 4.46. The van der Waals surface area contributed by atoms with Gasteiger partial charge in [-0.2, -0.15) is 0 Å². The molecule has 2 rings (SSSR count). The van der Waals surface area contributed by atoms with E-state index in [9.17, 15) is 4.79 Å². The maximum absolute atomic E-state index is 11.8. The number of urea groups is 1. The highest BCUT2D eigenvalue weighted by Gasteiger charge is 2.22. The van der Waals surface area contributed by atoms with Gasteiger partial charge >= 0.3 is 6.03 Å². The van der Waals surface area contributed by atoms with Crippen LogP contribution in [0.2, 0.25) is 0 Å². The Balaban J connectivity index is 1.66. The van der Waals surface area contributed by atoms with Crippen LogP contribution in [0.1, 0.15) is 36.8 Å². The first-order chi connectivity index (χ1) is 10.1. The first-order valence-electron chi connectivity index (χ1n) is 7.76. The minimum atomic E-state index is -0.121. The number of hydrogen-bond acceptors (Lipinski definition) is 4.